The fourth-order valence-corrected chi connectivity index (χ4v) is 2.66. The molecule has 0 N–H and O–H groups in total. The minimum atomic E-state index is -0.0995. The molecule has 0 bridgehead atoms. The molecule has 1 aliphatic rings. The molecule has 6 heteroatoms. The molecule has 3 rings (SSSR count). The van der Waals surface area contributed by atoms with Gasteiger partial charge in [0.25, 0.3) is 5.91 Å². The number of anilines is 1. The van der Waals surface area contributed by atoms with Crippen LogP contribution in [0.1, 0.15) is 40.3 Å². The van der Waals surface area contributed by atoms with Gasteiger partial charge in [0.15, 0.2) is 6.29 Å². The summed E-state index contributed by atoms with van der Waals surface area (Å²) in [4.78, 5) is 36.2. The lowest BCUT2D eigenvalue weighted by molar-refractivity contribution is 0.0743. The van der Waals surface area contributed by atoms with Crippen LogP contribution in [0, 0.1) is 6.92 Å². The zero-order valence-corrected chi connectivity index (χ0v) is 15.0. The third-order valence-electron chi connectivity index (χ3n) is 3.95. The lowest BCUT2D eigenvalue weighted by Gasteiger charge is -2.35. The van der Waals surface area contributed by atoms with Gasteiger partial charge in [0.05, 0.1) is 5.56 Å². The van der Waals surface area contributed by atoms with E-state index in [2.05, 4.69) is 14.9 Å². The zero-order valence-electron chi connectivity index (χ0n) is 15.0. The van der Waals surface area contributed by atoms with E-state index >= 15 is 0 Å². The number of hydrogen-bond acceptors (Lipinski definition) is 5. The molecule has 0 unspecified atom stereocenters. The molecular formula is C19H24N4O2. The smallest absolute Gasteiger partial charge is 0.254 e. The summed E-state index contributed by atoms with van der Waals surface area (Å²) in [5.41, 5.74) is 1.82. The maximum atomic E-state index is 12.6. The molecule has 1 aliphatic heterocycles. The number of amides is 1. The van der Waals surface area contributed by atoms with Crippen molar-refractivity contribution >= 4 is 18.1 Å². The van der Waals surface area contributed by atoms with Gasteiger partial charge in [-0.05, 0) is 19.1 Å². The number of carbonyl (C=O) groups excluding carboxylic acids is 2. The van der Waals surface area contributed by atoms with Crippen molar-refractivity contribution < 1.29 is 9.59 Å². The molecule has 132 valence electrons. The molecule has 1 fully saturated rings. The van der Waals surface area contributed by atoms with E-state index in [4.69, 9.17) is 0 Å². The number of nitrogens with zero attached hydrogens (tertiary/aromatic N) is 4. The van der Waals surface area contributed by atoms with Crippen LogP contribution >= 0.6 is 0 Å². The van der Waals surface area contributed by atoms with E-state index in [1.807, 2.05) is 26.8 Å². The summed E-state index contributed by atoms with van der Waals surface area (Å²) < 4.78 is 0. The third kappa shape index (κ3) is 4.41. The van der Waals surface area contributed by atoms with Crippen LogP contribution in [0.2, 0.25) is 0 Å². The number of hydrogen-bond donors (Lipinski definition) is 0. The second-order valence-electron chi connectivity index (χ2n) is 5.48. The summed E-state index contributed by atoms with van der Waals surface area (Å²) in [5.74, 6) is 0.600. The number of aryl methyl sites for hydroxylation is 1. The topological polar surface area (TPSA) is 66.4 Å². The molecule has 2 heterocycles. The summed E-state index contributed by atoms with van der Waals surface area (Å²) in [6.07, 6.45) is 2.47. The first-order valence-electron chi connectivity index (χ1n) is 8.57. The van der Waals surface area contributed by atoms with Crippen molar-refractivity contribution in [2.75, 3.05) is 31.1 Å². The molecule has 0 atom stereocenters. The minimum Gasteiger partial charge on any atom is -0.337 e. The number of benzene rings is 1. The Bertz CT molecular complexity index is 725. The molecule has 6 nitrogen and oxygen atoms in total. The van der Waals surface area contributed by atoms with Crippen molar-refractivity contribution in [1.82, 2.24) is 14.9 Å². The van der Waals surface area contributed by atoms with Gasteiger partial charge in [-0.15, -0.1) is 0 Å². The van der Waals surface area contributed by atoms with E-state index in [1.165, 1.54) is 0 Å². The summed E-state index contributed by atoms with van der Waals surface area (Å²) in [6.45, 7) is 8.46. The number of aldehydes is 1. The molecule has 25 heavy (non-hydrogen) atoms. The van der Waals surface area contributed by atoms with Crippen LogP contribution in [0.3, 0.4) is 0 Å². The Morgan fingerprint density at radius 2 is 1.76 bits per heavy atom. The maximum Gasteiger partial charge on any atom is 0.254 e. The second kappa shape index (κ2) is 8.92. The normalized spacial score (nSPS) is 13.7. The summed E-state index contributed by atoms with van der Waals surface area (Å²) in [6, 6.07) is 8.75. The van der Waals surface area contributed by atoms with Gasteiger partial charge >= 0.3 is 0 Å². The van der Waals surface area contributed by atoms with Gasteiger partial charge in [-0.1, -0.05) is 32.0 Å². The highest BCUT2D eigenvalue weighted by Crippen LogP contribution is 2.15. The van der Waals surface area contributed by atoms with Gasteiger partial charge in [0, 0.05) is 43.6 Å². The van der Waals surface area contributed by atoms with Crippen LogP contribution < -0.4 is 4.90 Å². The molecule has 1 amide bonds. The monoisotopic (exact) mass is 340 g/mol. The lowest BCUT2D eigenvalue weighted by Crippen LogP contribution is -2.49. The van der Waals surface area contributed by atoms with E-state index in [9.17, 15) is 9.59 Å². The molecular weight excluding hydrogens is 316 g/mol. The highest BCUT2D eigenvalue weighted by molar-refractivity contribution is 6.01. The molecule has 0 aliphatic carbocycles. The quantitative estimate of drug-likeness (QED) is 0.804. The molecule has 1 saturated heterocycles. The number of rotatable bonds is 3. The van der Waals surface area contributed by atoms with Crippen LogP contribution in [-0.2, 0) is 0 Å². The van der Waals surface area contributed by atoms with Crippen molar-refractivity contribution in [3.63, 3.8) is 0 Å². The van der Waals surface area contributed by atoms with Crippen LogP contribution in [0.4, 0.5) is 5.95 Å². The first-order chi connectivity index (χ1) is 12.2. The lowest BCUT2D eigenvalue weighted by atomic mass is 10.1. The standard InChI is InChI=1S/C17H18N4O2.C2H6/c1-13-6-7-18-17(19-13)21-10-8-20(9-11-21)16(23)15-5-3-2-4-14(15)12-22;1-2/h2-7,12H,8-11H2,1H3;1-2H3. The van der Waals surface area contributed by atoms with Crippen molar-refractivity contribution in [1.29, 1.82) is 0 Å². The van der Waals surface area contributed by atoms with Crippen LogP contribution in [0.25, 0.3) is 0 Å². The van der Waals surface area contributed by atoms with Gasteiger partial charge in [-0.3, -0.25) is 9.59 Å². The van der Waals surface area contributed by atoms with Gasteiger partial charge in [0.1, 0.15) is 0 Å². The Hall–Kier alpha value is -2.76. The molecule has 1 aromatic heterocycles. The van der Waals surface area contributed by atoms with Gasteiger partial charge in [-0.2, -0.15) is 0 Å². The Balaban J connectivity index is 0.00000109. The van der Waals surface area contributed by atoms with Crippen molar-refractivity contribution in [3.8, 4) is 0 Å². The Kier molecular flexibility index (Phi) is 6.62. The molecule has 2 aromatic rings. The average molecular weight is 340 g/mol. The summed E-state index contributed by atoms with van der Waals surface area (Å²) >= 11 is 0. The minimum absolute atomic E-state index is 0.0995. The second-order valence-corrected chi connectivity index (χ2v) is 5.48. The molecule has 0 saturated carbocycles. The van der Waals surface area contributed by atoms with Crippen molar-refractivity contribution in [2.45, 2.75) is 20.8 Å². The SMILES string of the molecule is CC.Cc1ccnc(N2CCN(C(=O)c3ccccc3C=O)CC2)n1. The zero-order chi connectivity index (χ0) is 18.2. The van der Waals surface area contributed by atoms with E-state index in [-0.39, 0.29) is 5.91 Å². The van der Waals surface area contributed by atoms with Gasteiger partial charge < -0.3 is 9.80 Å². The Labute approximate surface area is 148 Å². The predicted molar refractivity (Wildman–Crippen MR) is 98.1 cm³/mol. The molecule has 0 spiro atoms. The van der Waals surface area contributed by atoms with Crippen LogP contribution in [0.15, 0.2) is 36.5 Å². The fraction of sp³-hybridized carbons (Fsp3) is 0.368. The van der Waals surface area contributed by atoms with E-state index in [0.717, 1.165) is 12.0 Å². The van der Waals surface area contributed by atoms with E-state index in [0.29, 0.717) is 43.3 Å². The molecule has 1 aromatic carbocycles. The van der Waals surface area contributed by atoms with Gasteiger partial charge in [0.2, 0.25) is 5.95 Å². The average Bonchev–Trinajstić information content (AvgIpc) is 2.69. The maximum absolute atomic E-state index is 12.6. The first kappa shape index (κ1) is 18.6. The van der Waals surface area contributed by atoms with Crippen LogP contribution in [-0.4, -0.2) is 53.2 Å². The number of piperazine rings is 1. The van der Waals surface area contributed by atoms with E-state index in [1.54, 1.807) is 35.4 Å². The van der Waals surface area contributed by atoms with E-state index < -0.39 is 0 Å². The summed E-state index contributed by atoms with van der Waals surface area (Å²) in [5, 5.41) is 0. The largest absolute Gasteiger partial charge is 0.337 e. The predicted octanol–water partition coefficient (Wildman–Crippen LogP) is 2.59. The highest BCUT2D eigenvalue weighted by Gasteiger charge is 2.24. The first-order valence-corrected chi connectivity index (χ1v) is 8.57. The third-order valence-corrected chi connectivity index (χ3v) is 3.95. The Morgan fingerprint density at radius 1 is 1.08 bits per heavy atom. The van der Waals surface area contributed by atoms with Crippen LogP contribution in [0.5, 0.6) is 0 Å². The van der Waals surface area contributed by atoms with Gasteiger partial charge in [-0.25, -0.2) is 9.97 Å². The van der Waals surface area contributed by atoms with Crippen molar-refractivity contribution in [2.24, 2.45) is 0 Å². The summed E-state index contributed by atoms with van der Waals surface area (Å²) in [7, 11) is 0. The Morgan fingerprint density at radius 3 is 2.40 bits per heavy atom. The van der Waals surface area contributed by atoms with Crippen molar-refractivity contribution in [3.05, 3.63) is 53.3 Å². The molecule has 0 radical (unpaired) electrons. The fourth-order valence-electron chi connectivity index (χ4n) is 2.66. The highest BCUT2D eigenvalue weighted by atomic mass is 16.2. The number of aromatic nitrogens is 2. The number of carbonyl (C=O) groups is 2.